The summed E-state index contributed by atoms with van der Waals surface area (Å²) in [5.41, 5.74) is 1.36. The summed E-state index contributed by atoms with van der Waals surface area (Å²) in [5.74, 6) is -2.61. The molecular formula is C18H17N3O5. The van der Waals surface area contributed by atoms with Gasteiger partial charge in [0.2, 0.25) is 5.91 Å². The molecule has 0 saturated carbocycles. The molecule has 3 amide bonds. The van der Waals surface area contributed by atoms with E-state index in [2.05, 4.69) is 20.7 Å². The molecule has 0 aliphatic carbocycles. The van der Waals surface area contributed by atoms with E-state index in [0.29, 0.717) is 11.4 Å². The van der Waals surface area contributed by atoms with Gasteiger partial charge in [0.05, 0.1) is 12.7 Å². The third-order valence-electron chi connectivity index (χ3n) is 3.19. The topological polar surface area (TPSA) is 114 Å². The number of rotatable bonds is 4. The van der Waals surface area contributed by atoms with Crippen molar-refractivity contribution >= 4 is 40.8 Å². The van der Waals surface area contributed by atoms with Gasteiger partial charge in [0.1, 0.15) is 0 Å². The van der Waals surface area contributed by atoms with Crippen LogP contribution < -0.4 is 16.0 Å². The van der Waals surface area contributed by atoms with Crippen molar-refractivity contribution in [2.75, 3.05) is 23.1 Å². The minimum Gasteiger partial charge on any atom is -0.465 e. The largest absolute Gasteiger partial charge is 0.465 e. The molecular weight excluding hydrogens is 338 g/mol. The fraction of sp³-hybridized carbons (Fsp3) is 0.111. The lowest BCUT2D eigenvalue weighted by atomic mass is 10.2. The molecule has 0 fully saturated rings. The SMILES string of the molecule is COC(=O)c1cccc(NC(=O)C(=O)Nc2cccc(NC(C)=O)c2)c1. The van der Waals surface area contributed by atoms with Crippen molar-refractivity contribution in [1.29, 1.82) is 0 Å². The highest BCUT2D eigenvalue weighted by atomic mass is 16.5. The van der Waals surface area contributed by atoms with E-state index >= 15 is 0 Å². The average molecular weight is 355 g/mol. The normalized spacial score (nSPS) is 9.77. The quantitative estimate of drug-likeness (QED) is 0.573. The maximum Gasteiger partial charge on any atom is 0.337 e. The van der Waals surface area contributed by atoms with Crippen molar-refractivity contribution in [3.8, 4) is 0 Å². The van der Waals surface area contributed by atoms with E-state index in [1.807, 2.05) is 0 Å². The minimum absolute atomic E-state index is 0.244. The van der Waals surface area contributed by atoms with Crippen LogP contribution in [0.1, 0.15) is 17.3 Å². The Morgan fingerprint density at radius 2 is 1.27 bits per heavy atom. The number of anilines is 3. The molecule has 0 unspecified atom stereocenters. The lowest BCUT2D eigenvalue weighted by molar-refractivity contribution is -0.132. The highest BCUT2D eigenvalue weighted by molar-refractivity contribution is 6.43. The molecule has 2 aromatic rings. The number of ether oxygens (including phenoxy) is 1. The molecule has 0 saturated heterocycles. The molecule has 0 aromatic heterocycles. The zero-order valence-electron chi connectivity index (χ0n) is 14.2. The Balaban J connectivity index is 2.03. The van der Waals surface area contributed by atoms with Gasteiger partial charge in [-0.25, -0.2) is 4.79 Å². The highest BCUT2D eigenvalue weighted by Crippen LogP contribution is 2.15. The summed E-state index contributed by atoms with van der Waals surface area (Å²) in [6, 6.07) is 12.4. The Bertz CT molecular complexity index is 863. The molecule has 0 radical (unpaired) electrons. The number of carbonyl (C=O) groups is 4. The molecule has 3 N–H and O–H groups in total. The van der Waals surface area contributed by atoms with Gasteiger partial charge in [-0.1, -0.05) is 12.1 Å². The first-order valence-electron chi connectivity index (χ1n) is 7.57. The predicted octanol–water partition coefficient (Wildman–Crippen LogP) is 2.01. The standard InChI is InChI=1S/C18H17N3O5/c1-11(22)19-14-7-4-8-15(10-14)21-17(24)16(23)20-13-6-3-5-12(9-13)18(25)26-2/h3-10H,1-2H3,(H,19,22)(H,20,23)(H,21,24). The second kappa shape index (κ2) is 8.43. The summed E-state index contributed by atoms with van der Waals surface area (Å²) in [7, 11) is 1.25. The van der Waals surface area contributed by atoms with Gasteiger partial charge in [-0.2, -0.15) is 0 Å². The fourth-order valence-electron chi connectivity index (χ4n) is 2.10. The number of carbonyl (C=O) groups excluding carboxylic acids is 4. The van der Waals surface area contributed by atoms with Gasteiger partial charge in [0.15, 0.2) is 0 Å². The van der Waals surface area contributed by atoms with Crippen LogP contribution in [0.3, 0.4) is 0 Å². The van der Waals surface area contributed by atoms with Crippen LogP contribution in [0.25, 0.3) is 0 Å². The van der Waals surface area contributed by atoms with Crippen molar-refractivity contribution in [2.45, 2.75) is 6.92 Å². The summed E-state index contributed by atoms with van der Waals surface area (Å²) in [6.45, 7) is 1.36. The Labute approximate surface area is 149 Å². The summed E-state index contributed by atoms with van der Waals surface area (Å²) in [5, 5.41) is 7.41. The van der Waals surface area contributed by atoms with Crippen molar-refractivity contribution in [2.24, 2.45) is 0 Å². The first kappa shape index (κ1) is 18.7. The van der Waals surface area contributed by atoms with Crippen LogP contribution in [-0.4, -0.2) is 30.8 Å². The van der Waals surface area contributed by atoms with Crippen LogP contribution in [-0.2, 0) is 19.1 Å². The van der Waals surface area contributed by atoms with Crippen LogP contribution in [0.2, 0.25) is 0 Å². The van der Waals surface area contributed by atoms with Gasteiger partial charge in [0, 0.05) is 24.0 Å². The minimum atomic E-state index is -0.906. The number of esters is 1. The maximum atomic E-state index is 12.0. The zero-order chi connectivity index (χ0) is 19.1. The van der Waals surface area contributed by atoms with Crippen LogP contribution in [0.15, 0.2) is 48.5 Å². The fourth-order valence-corrected chi connectivity index (χ4v) is 2.10. The molecule has 134 valence electrons. The molecule has 0 spiro atoms. The summed E-state index contributed by atoms with van der Waals surface area (Å²) in [6.07, 6.45) is 0. The second-order valence-corrected chi connectivity index (χ2v) is 5.24. The third kappa shape index (κ3) is 5.17. The van der Waals surface area contributed by atoms with Gasteiger partial charge in [-0.3, -0.25) is 14.4 Å². The number of hydrogen-bond donors (Lipinski definition) is 3. The molecule has 0 bridgehead atoms. The van der Waals surface area contributed by atoms with Crippen molar-refractivity contribution in [3.63, 3.8) is 0 Å². The van der Waals surface area contributed by atoms with Crippen LogP contribution in [0.5, 0.6) is 0 Å². The number of methoxy groups -OCH3 is 1. The number of benzene rings is 2. The van der Waals surface area contributed by atoms with E-state index in [1.165, 1.54) is 38.3 Å². The average Bonchev–Trinajstić information content (AvgIpc) is 2.61. The number of hydrogen-bond acceptors (Lipinski definition) is 5. The monoisotopic (exact) mass is 355 g/mol. The van der Waals surface area contributed by atoms with Crippen molar-refractivity contribution < 1.29 is 23.9 Å². The Kier molecular flexibility index (Phi) is 6.05. The Hall–Kier alpha value is -3.68. The van der Waals surface area contributed by atoms with E-state index in [1.54, 1.807) is 24.3 Å². The predicted molar refractivity (Wildman–Crippen MR) is 95.8 cm³/mol. The van der Waals surface area contributed by atoms with Crippen LogP contribution in [0, 0.1) is 0 Å². The zero-order valence-corrected chi connectivity index (χ0v) is 14.2. The first-order chi connectivity index (χ1) is 12.4. The molecule has 2 rings (SSSR count). The van der Waals surface area contributed by atoms with E-state index in [4.69, 9.17) is 0 Å². The maximum absolute atomic E-state index is 12.0. The van der Waals surface area contributed by atoms with Gasteiger partial charge in [0.25, 0.3) is 0 Å². The molecule has 8 nitrogen and oxygen atoms in total. The number of nitrogens with one attached hydrogen (secondary N) is 3. The van der Waals surface area contributed by atoms with E-state index in [0.717, 1.165) is 0 Å². The molecule has 2 aromatic carbocycles. The first-order valence-corrected chi connectivity index (χ1v) is 7.57. The van der Waals surface area contributed by atoms with Gasteiger partial charge < -0.3 is 20.7 Å². The van der Waals surface area contributed by atoms with Gasteiger partial charge >= 0.3 is 17.8 Å². The second-order valence-electron chi connectivity index (χ2n) is 5.24. The summed E-state index contributed by atoms with van der Waals surface area (Å²) >= 11 is 0. The van der Waals surface area contributed by atoms with Crippen molar-refractivity contribution in [3.05, 3.63) is 54.1 Å². The van der Waals surface area contributed by atoms with E-state index in [9.17, 15) is 19.2 Å². The molecule has 26 heavy (non-hydrogen) atoms. The summed E-state index contributed by atoms with van der Waals surface area (Å²) in [4.78, 5) is 46.6. The molecule has 0 aliphatic heterocycles. The van der Waals surface area contributed by atoms with Gasteiger partial charge in [-0.05, 0) is 36.4 Å². The highest BCUT2D eigenvalue weighted by Gasteiger charge is 2.15. The molecule has 0 aliphatic rings. The third-order valence-corrected chi connectivity index (χ3v) is 3.19. The summed E-state index contributed by atoms with van der Waals surface area (Å²) < 4.78 is 4.60. The molecule has 0 atom stereocenters. The van der Waals surface area contributed by atoms with Crippen LogP contribution >= 0.6 is 0 Å². The Morgan fingerprint density at radius 3 is 1.81 bits per heavy atom. The number of amides is 3. The smallest absolute Gasteiger partial charge is 0.337 e. The van der Waals surface area contributed by atoms with Gasteiger partial charge in [-0.15, -0.1) is 0 Å². The molecule has 0 heterocycles. The Morgan fingerprint density at radius 1 is 0.769 bits per heavy atom. The lowest BCUT2D eigenvalue weighted by Gasteiger charge is -2.09. The lowest BCUT2D eigenvalue weighted by Crippen LogP contribution is -2.29. The van der Waals surface area contributed by atoms with Crippen molar-refractivity contribution in [1.82, 2.24) is 0 Å². The molecule has 8 heteroatoms. The van der Waals surface area contributed by atoms with E-state index < -0.39 is 17.8 Å². The van der Waals surface area contributed by atoms with Crippen LogP contribution in [0.4, 0.5) is 17.1 Å². The van der Waals surface area contributed by atoms with E-state index in [-0.39, 0.29) is 17.2 Å².